The van der Waals surface area contributed by atoms with Crippen molar-refractivity contribution in [2.24, 2.45) is 0 Å². The lowest BCUT2D eigenvalue weighted by Crippen LogP contribution is -2.06. The maximum Gasteiger partial charge on any atom is 0.379 e. The molecule has 15 heavy (non-hydrogen) atoms. The molecule has 6 nitrogen and oxygen atoms in total. The largest absolute Gasteiger partial charge is 0.460 e. The van der Waals surface area contributed by atoms with Crippen LogP contribution in [0.15, 0.2) is 22.9 Å². The topological polar surface area (TPSA) is 81.0 Å². The van der Waals surface area contributed by atoms with E-state index in [4.69, 9.17) is 9.26 Å². The van der Waals surface area contributed by atoms with Crippen LogP contribution in [-0.4, -0.2) is 27.7 Å². The summed E-state index contributed by atoms with van der Waals surface area (Å²) in [5.41, 5.74) is 0.665. The van der Waals surface area contributed by atoms with Gasteiger partial charge in [0.2, 0.25) is 0 Å². The maximum absolute atomic E-state index is 11.2. The van der Waals surface area contributed by atoms with Gasteiger partial charge in [0.05, 0.1) is 6.61 Å². The molecule has 0 saturated carbocycles. The van der Waals surface area contributed by atoms with Crippen LogP contribution in [0.4, 0.5) is 0 Å². The molecule has 0 fully saturated rings. The van der Waals surface area contributed by atoms with Crippen molar-refractivity contribution in [1.82, 2.24) is 15.1 Å². The fourth-order valence-electron chi connectivity index (χ4n) is 1.07. The van der Waals surface area contributed by atoms with E-state index in [1.54, 1.807) is 25.3 Å². The van der Waals surface area contributed by atoms with Crippen molar-refractivity contribution < 1.29 is 14.1 Å². The summed E-state index contributed by atoms with van der Waals surface area (Å²) in [5, 5.41) is 3.51. The first kappa shape index (κ1) is 9.45. The Bertz CT molecular complexity index is 447. The van der Waals surface area contributed by atoms with E-state index in [0.717, 1.165) is 0 Å². The second-order valence-corrected chi connectivity index (χ2v) is 2.73. The molecule has 2 heterocycles. The SMILES string of the molecule is CCOC(=O)c1noc(-c2ccc[nH]2)n1. The molecule has 0 amide bonds. The molecular weight excluding hydrogens is 198 g/mol. The highest BCUT2D eigenvalue weighted by Crippen LogP contribution is 2.13. The molecule has 0 radical (unpaired) electrons. The Morgan fingerprint density at radius 1 is 1.67 bits per heavy atom. The van der Waals surface area contributed by atoms with Crippen molar-refractivity contribution in [3.63, 3.8) is 0 Å². The van der Waals surface area contributed by atoms with Gasteiger partial charge in [-0.15, -0.1) is 0 Å². The zero-order valence-corrected chi connectivity index (χ0v) is 8.06. The monoisotopic (exact) mass is 207 g/mol. The van der Waals surface area contributed by atoms with Gasteiger partial charge in [0, 0.05) is 6.20 Å². The Kier molecular flexibility index (Phi) is 2.49. The smallest absolute Gasteiger partial charge is 0.379 e. The molecule has 0 spiro atoms. The van der Waals surface area contributed by atoms with Crippen molar-refractivity contribution in [2.45, 2.75) is 6.92 Å². The third-order valence-electron chi connectivity index (χ3n) is 1.71. The van der Waals surface area contributed by atoms with Crippen LogP contribution in [0, 0.1) is 0 Å². The van der Waals surface area contributed by atoms with E-state index >= 15 is 0 Å². The number of carbonyl (C=O) groups excluding carboxylic acids is 1. The summed E-state index contributed by atoms with van der Waals surface area (Å²) in [6, 6.07) is 3.56. The van der Waals surface area contributed by atoms with Gasteiger partial charge >= 0.3 is 5.97 Å². The highest BCUT2D eigenvalue weighted by atomic mass is 16.5. The predicted molar refractivity (Wildman–Crippen MR) is 50.0 cm³/mol. The third-order valence-corrected chi connectivity index (χ3v) is 1.71. The van der Waals surface area contributed by atoms with Gasteiger partial charge in [0.15, 0.2) is 0 Å². The van der Waals surface area contributed by atoms with E-state index in [2.05, 4.69) is 15.1 Å². The summed E-state index contributed by atoms with van der Waals surface area (Å²) in [5.74, 6) is -0.386. The number of hydrogen-bond acceptors (Lipinski definition) is 5. The van der Waals surface area contributed by atoms with Crippen LogP contribution >= 0.6 is 0 Å². The lowest BCUT2D eigenvalue weighted by Gasteiger charge is -1.93. The summed E-state index contributed by atoms with van der Waals surface area (Å²) in [6.45, 7) is 2.00. The predicted octanol–water partition coefficient (Wildman–Crippen LogP) is 1.24. The number of nitrogens with one attached hydrogen (secondary N) is 1. The highest BCUT2D eigenvalue weighted by Gasteiger charge is 2.16. The summed E-state index contributed by atoms with van der Waals surface area (Å²) in [4.78, 5) is 18.0. The summed E-state index contributed by atoms with van der Waals surface area (Å²) < 4.78 is 9.61. The van der Waals surface area contributed by atoms with Gasteiger partial charge < -0.3 is 14.2 Å². The summed E-state index contributed by atoms with van der Waals surface area (Å²) >= 11 is 0. The van der Waals surface area contributed by atoms with Gasteiger partial charge in [-0.3, -0.25) is 0 Å². The Hall–Kier alpha value is -2.11. The number of esters is 1. The van der Waals surface area contributed by atoms with Crippen LogP contribution in [-0.2, 0) is 4.74 Å². The minimum atomic E-state index is -0.584. The van der Waals surface area contributed by atoms with Gasteiger partial charge in [-0.05, 0) is 24.2 Å². The maximum atomic E-state index is 11.2. The number of aromatic nitrogens is 3. The van der Waals surface area contributed by atoms with Crippen molar-refractivity contribution in [1.29, 1.82) is 0 Å². The zero-order valence-electron chi connectivity index (χ0n) is 8.06. The Morgan fingerprint density at radius 3 is 3.20 bits per heavy atom. The number of H-pyrrole nitrogens is 1. The van der Waals surface area contributed by atoms with Gasteiger partial charge in [-0.1, -0.05) is 0 Å². The zero-order chi connectivity index (χ0) is 10.7. The molecule has 2 aromatic rings. The number of nitrogens with zero attached hydrogens (tertiary/aromatic N) is 2. The van der Waals surface area contributed by atoms with E-state index in [1.807, 2.05) is 0 Å². The molecule has 6 heteroatoms. The van der Waals surface area contributed by atoms with E-state index in [9.17, 15) is 4.79 Å². The van der Waals surface area contributed by atoms with E-state index in [0.29, 0.717) is 5.69 Å². The molecule has 0 bridgehead atoms. The van der Waals surface area contributed by atoms with Crippen molar-refractivity contribution in [2.75, 3.05) is 6.61 Å². The standard InChI is InChI=1S/C9H9N3O3/c1-2-14-9(13)7-11-8(15-12-7)6-4-3-5-10-6/h3-5,10H,2H2,1H3. The second kappa shape index (κ2) is 3.95. The van der Waals surface area contributed by atoms with Crippen molar-refractivity contribution >= 4 is 5.97 Å². The lowest BCUT2D eigenvalue weighted by molar-refractivity contribution is 0.0508. The first-order chi connectivity index (χ1) is 7.31. The molecule has 2 aromatic heterocycles. The molecule has 2 rings (SSSR count). The van der Waals surface area contributed by atoms with Crippen LogP contribution in [0.1, 0.15) is 17.5 Å². The molecule has 78 valence electrons. The second-order valence-electron chi connectivity index (χ2n) is 2.73. The van der Waals surface area contributed by atoms with E-state index in [-0.39, 0.29) is 18.3 Å². The molecule has 0 saturated heterocycles. The van der Waals surface area contributed by atoms with Crippen LogP contribution in [0.25, 0.3) is 11.6 Å². The number of hydrogen-bond donors (Lipinski definition) is 1. The molecule has 0 aliphatic heterocycles. The van der Waals surface area contributed by atoms with Gasteiger partial charge in [0.1, 0.15) is 5.69 Å². The molecular formula is C9H9N3O3. The number of aromatic amines is 1. The van der Waals surface area contributed by atoms with Gasteiger partial charge in [-0.25, -0.2) is 4.79 Å². The Balaban J connectivity index is 2.21. The van der Waals surface area contributed by atoms with E-state index < -0.39 is 5.97 Å². The number of ether oxygens (including phenoxy) is 1. The minimum Gasteiger partial charge on any atom is -0.460 e. The Morgan fingerprint density at radius 2 is 2.53 bits per heavy atom. The number of rotatable bonds is 3. The molecule has 0 aromatic carbocycles. The first-order valence-corrected chi connectivity index (χ1v) is 4.46. The molecule has 0 aliphatic rings. The molecule has 1 N–H and O–H groups in total. The van der Waals surface area contributed by atoms with Crippen LogP contribution in [0.5, 0.6) is 0 Å². The third kappa shape index (κ3) is 1.88. The lowest BCUT2D eigenvalue weighted by atomic mass is 10.4. The van der Waals surface area contributed by atoms with Crippen LogP contribution in [0.2, 0.25) is 0 Å². The van der Waals surface area contributed by atoms with Crippen LogP contribution in [0.3, 0.4) is 0 Å². The molecule has 0 unspecified atom stereocenters. The first-order valence-electron chi connectivity index (χ1n) is 4.46. The molecule has 0 aliphatic carbocycles. The number of carbonyl (C=O) groups is 1. The van der Waals surface area contributed by atoms with Crippen molar-refractivity contribution in [3.05, 3.63) is 24.2 Å². The van der Waals surface area contributed by atoms with Crippen molar-refractivity contribution in [3.8, 4) is 11.6 Å². The average Bonchev–Trinajstić information content (AvgIpc) is 2.89. The summed E-state index contributed by atoms with van der Waals surface area (Å²) in [7, 11) is 0. The highest BCUT2D eigenvalue weighted by molar-refractivity contribution is 5.85. The van der Waals surface area contributed by atoms with E-state index in [1.165, 1.54) is 0 Å². The Labute approximate surface area is 85.3 Å². The van der Waals surface area contributed by atoms with Gasteiger partial charge in [0.25, 0.3) is 11.7 Å². The minimum absolute atomic E-state index is 0.0681. The average molecular weight is 207 g/mol. The van der Waals surface area contributed by atoms with Crippen LogP contribution < -0.4 is 0 Å². The quantitative estimate of drug-likeness (QED) is 0.766. The fourth-order valence-corrected chi connectivity index (χ4v) is 1.07. The van der Waals surface area contributed by atoms with Gasteiger partial charge in [-0.2, -0.15) is 4.98 Å². The molecule has 0 atom stereocenters. The summed E-state index contributed by atoms with van der Waals surface area (Å²) in [6.07, 6.45) is 1.73. The normalized spacial score (nSPS) is 10.2. The fraction of sp³-hybridized carbons (Fsp3) is 0.222.